The van der Waals surface area contributed by atoms with Gasteiger partial charge < -0.3 is 19.6 Å². The molecule has 2 aromatic rings. The second kappa shape index (κ2) is 7.75. The molecule has 98 valence electrons. The quantitative estimate of drug-likeness (QED) is 0.493. The zero-order chi connectivity index (χ0) is 11.9. The zero-order valence-electron chi connectivity index (χ0n) is 9.92. The normalized spacial score (nSPS) is 10.8. The molecule has 7 heteroatoms. The predicted octanol–water partition coefficient (Wildman–Crippen LogP) is 1.75. The van der Waals surface area contributed by atoms with Crippen LogP contribution in [0.25, 0.3) is 0 Å². The largest absolute Gasteiger partial charge is 0.467 e. The third-order valence-corrected chi connectivity index (χ3v) is 2.16. The van der Waals surface area contributed by atoms with Crippen LogP contribution in [0, 0.1) is 0 Å². The number of hydrogen-bond donors (Lipinski definition) is 2. The van der Waals surface area contributed by atoms with Gasteiger partial charge in [0.25, 0.3) is 0 Å². The Morgan fingerprint density at radius 1 is 1.28 bits per heavy atom. The summed E-state index contributed by atoms with van der Waals surface area (Å²) in [4.78, 5) is 4.08. The maximum atomic E-state index is 5.21. The summed E-state index contributed by atoms with van der Waals surface area (Å²) in [6.45, 7) is 1.15. The van der Waals surface area contributed by atoms with Crippen molar-refractivity contribution in [1.82, 2.24) is 15.8 Å². The molecule has 0 fully saturated rings. The molecule has 0 unspecified atom stereocenters. The van der Waals surface area contributed by atoms with Crippen molar-refractivity contribution >= 4 is 29.9 Å². The third kappa shape index (κ3) is 4.40. The minimum atomic E-state index is 0. The van der Waals surface area contributed by atoms with E-state index in [9.17, 15) is 0 Å². The summed E-state index contributed by atoms with van der Waals surface area (Å²) in [6, 6.07) is 5.55. The van der Waals surface area contributed by atoms with Gasteiger partial charge in [0.2, 0.25) is 0 Å². The number of halogens is 1. The second-order valence-corrected chi connectivity index (χ2v) is 3.35. The summed E-state index contributed by atoms with van der Waals surface area (Å²) in [7, 11) is 1.71. The molecule has 2 rings (SSSR count). The smallest absolute Gasteiger partial charge is 0.191 e. The molecule has 0 aromatic carbocycles. The lowest BCUT2D eigenvalue weighted by Gasteiger charge is -2.09. The fourth-order valence-corrected chi connectivity index (χ4v) is 1.31. The van der Waals surface area contributed by atoms with Crippen molar-refractivity contribution in [3.63, 3.8) is 0 Å². The SMILES string of the molecule is CN=C(NCc1ccon1)NCc1ccco1.I. The van der Waals surface area contributed by atoms with Gasteiger partial charge in [0.05, 0.1) is 19.4 Å². The number of guanidine groups is 1. The van der Waals surface area contributed by atoms with E-state index >= 15 is 0 Å². The minimum Gasteiger partial charge on any atom is -0.467 e. The number of rotatable bonds is 4. The van der Waals surface area contributed by atoms with Gasteiger partial charge in [-0.3, -0.25) is 4.99 Å². The summed E-state index contributed by atoms with van der Waals surface area (Å²) >= 11 is 0. The molecule has 0 aliphatic rings. The number of nitrogens with zero attached hydrogens (tertiary/aromatic N) is 2. The lowest BCUT2D eigenvalue weighted by molar-refractivity contribution is 0.410. The first-order valence-electron chi connectivity index (χ1n) is 5.24. The van der Waals surface area contributed by atoms with Gasteiger partial charge in [0.15, 0.2) is 5.96 Å². The molecule has 0 aliphatic carbocycles. The van der Waals surface area contributed by atoms with Gasteiger partial charge >= 0.3 is 0 Å². The summed E-state index contributed by atoms with van der Waals surface area (Å²) in [5.41, 5.74) is 0.825. The first-order valence-corrected chi connectivity index (χ1v) is 5.24. The monoisotopic (exact) mass is 362 g/mol. The first-order chi connectivity index (χ1) is 8.38. The van der Waals surface area contributed by atoms with Gasteiger partial charge in [-0.25, -0.2) is 0 Å². The number of hydrogen-bond acceptors (Lipinski definition) is 4. The van der Waals surface area contributed by atoms with Crippen LogP contribution >= 0.6 is 24.0 Å². The van der Waals surface area contributed by atoms with Crippen molar-refractivity contribution in [3.05, 3.63) is 42.2 Å². The predicted molar refractivity (Wildman–Crippen MR) is 77.7 cm³/mol. The Morgan fingerprint density at radius 3 is 2.72 bits per heavy atom. The molecule has 0 saturated heterocycles. The van der Waals surface area contributed by atoms with E-state index in [1.54, 1.807) is 19.4 Å². The van der Waals surface area contributed by atoms with Crippen LogP contribution in [-0.4, -0.2) is 18.2 Å². The highest BCUT2D eigenvalue weighted by molar-refractivity contribution is 14.0. The topological polar surface area (TPSA) is 75.6 Å². The highest BCUT2D eigenvalue weighted by Crippen LogP contribution is 1.98. The summed E-state index contributed by atoms with van der Waals surface area (Å²) in [6.07, 6.45) is 3.18. The lowest BCUT2D eigenvalue weighted by atomic mass is 10.4. The van der Waals surface area contributed by atoms with Crippen LogP contribution in [0.15, 0.2) is 44.7 Å². The first kappa shape index (κ1) is 14.6. The Kier molecular flexibility index (Phi) is 6.26. The number of nitrogens with one attached hydrogen (secondary N) is 2. The highest BCUT2D eigenvalue weighted by Gasteiger charge is 2.01. The van der Waals surface area contributed by atoms with E-state index in [1.807, 2.05) is 12.1 Å². The molecule has 2 N–H and O–H groups in total. The molecule has 0 spiro atoms. The third-order valence-electron chi connectivity index (χ3n) is 2.16. The van der Waals surface area contributed by atoms with Crippen LogP contribution in [-0.2, 0) is 13.1 Å². The Hall–Kier alpha value is -1.51. The molecule has 18 heavy (non-hydrogen) atoms. The van der Waals surface area contributed by atoms with Crippen molar-refractivity contribution in [2.45, 2.75) is 13.1 Å². The molecule has 0 saturated carbocycles. The molecule has 2 heterocycles. The Morgan fingerprint density at radius 2 is 2.11 bits per heavy atom. The van der Waals surface area contributed by atoms with Gasteiger partial charge in [-0.15, -0.1) is 24.0 Å². The van der Waals surface area contributed by atoms with Crippen LogP contribution in [0.5, 0.6) is 0 Å². The molecule has 0 amide bonds. The van der Waals surface area contributed by atoms with Crippen LogP contribution in [0.3, 0.4) is 0 Å². The van der Waals surface area contributed by atoms with E-state index in [0.29, 0.717) is 19.0 Å². The standard InChI is InChI=1S/C11H14N4O2.HI/c1-12-11(13-7-9-4-6-17-15-9)14-8-10-3-2-5-16-10;/h2-6H,7-8H2,1H3,(H2,12,13,14);1H. The number of furan rings is 1. The molecule has 0 radical (unpaired) electrons. The summed E-state index contributed by atoms with van der Waals surface area (Å²) in [5, 5.41) is 10.0. The van der Waals surface area contributed by atoms with Gasteiger partial charge in [-0.05, 0) is 12.1 Å². The molecular weight excluding hydrogens is 347 g/mol. The molecule has 6 nitrogen and oxygen atoms in total. The van der Waals surface area contributed by atoms with E-state index in [4.69, 9.17) is 8.94 Å². The van der Waals surface area contributed by atoms with Crippen molar-refractivity contribution in [2.75, 3.05) is 7.05 Å². The Balaban J connectivity index is 0.00000162. The Bertz CT molecular complexity index is 413. The maximum absolute atomic E-state index is 5.21. The van der Waals surface area contributed by atoms with Gasteiger partial charge in [0.1, 0.15) is 17.7 Å². The van der Waals surface area contributed by atoms with Gasteiger partial charge in [-0.2, -0.15) is 0 Å². The van der Waals surface area contributed by atoms with Crippen molar-refractivity contribution in [2.24, 2.45) is 4.99 Å². The van der Waals surface area contributed by atoms with Crippen molar-refractivity contribution in [3.8, 4) is 0 Å². The molecule has 0 atom stereocenters. The van der Waals surface area contributed by atoms with Gasteiger partial charge in [-0.1, -0.05) is 5.16 Å². The average molecular weight is 362 g/mol. The molecular formula is C11H15IN4O2. The second-order valence-electron chi connectivity index (χ2n) is 3.35. The van der Waals surface area contributed by atoms with Crippen molar-refractivity contribution in [1.29, 1.82) is 0 Å². The van der Waals surface area contributed by atoms with E-state index in [0.717, 1.165) is 11.5 Å². The highest BCUT2D eigenvalue weighted by atomic mass is 127. The lowest BCUT2D eigenvalue weighted by Crippen LogP contribution is -2.36. The van der Waals surface area contributed by atoms with Crippen LogP contribution in [0.2, 0.25) is 0 Å². The van der Waals surface area contributed by atoms with E-state index in [1.165, 1.54) is 6.26 Å². The van der Waals surface area contributed by atoms with E-state index in [2.05, 4.69) is 20.8 Å². The fourth-order valence-electron chi connectivity index (χ4n) is 1.31. The van der Waals surface area contributed by atoms with Crippen LogP contribution < -0.4 is 10.6 Å². The van der Waals surface area contributed by atoms with E-state index in [-0.39, 0.29) is 24.0 Å². The summed E-state index contributed by atoms with van der Waals surface area (Å²) in [5.74, 6) is 1.54. The fraction of sp³-hybridized carbons (Fsp3) is 0.273. The molecule has 2 aromatic heterocycles. The number of aliphatic imine (C=N–C) groups is 1. The molecule has 0 bridgehead atoms. The Labute approximate surface area is 122 Å². The van der Waals surface area contributed by atoms with Crippen LogP contribution in [0.1, 0.15) is 11.5 Å². The molecule has 0 aliphatic heterocycles. The minimum absolute atomic E-state index is 0. The average Bonchev–Trinajstić information content (AvgIpc) is 3.02. The zero-order valence-corrected chi connectivity index (χ0v) is 12.3. The van der Waals surface area contributed by atoms with Crippen molar-refractivity contribution < 1.29 is 8.94 Å². The summed E-state index contributed by atoms with van der Waals surface area (Å²) < 4.78 is 9.94. The number of aromatic nitrogens is 1. The van der Waals surface area contributed by atoms with Crippen LogP contribution in [0.4, 0.5) is 0 Å². The van der Waals surface area contributed by atoms with Gasteiger partial charge in [0, 0.05) is 13.1 Å². The van der Waals surface area contributed by atoms with E-state index < -0.39 is 0 Å². The maximum Gasteiger partial charge on any atom is 0.191 e.